The van der Waals surface area contributed by atoms with Gasteiger partial charge in [0, 0.05) is 5.56 Å². The highest BCUT2D eigenvalue weighted by Gasteiger charge is 2.12. The fourth-order valence-corrected chi connectivity index (χ4v) is 1.36. The molecule has 0 amide bonds. The van der Waals surface area contributed by atoms with Crippen LogP contribution in [0.25, 0.3) is 0 Å². The molecule has 3 heteroatoms. The largest absolute Gasteiger partial charge is 0.387 e. The van der Waals surface area contributed by atoms with E-state index in [2.05, 4.69) is 0 Å². The first-order valence-corrected chi connectivity index (χ1v) is 4.54. The average molecular weight is 199 g/mol. The number of benzene rings is 1. The second-order valence-corrected chi connectivity index (χ2v) is 3.12. The molecule has 2 nitrogen and oxygen atoms in total. The molecule has 1 unspecified atom stereocenters. The molecule has 1 aromatic carbocycles. The van der Waals surface area contributed by atoms with Gasteiger partial charge in [-0.05, 0) is 12.5 Å². The Bertz CT molecular complexity index is 310. The average Bonchev–Trinajstić information content (AvgIpc) is 2.16. The highest BCUT2D eigenvalue weighted by atomic mass is 35.5. The third-order valence-electron chi connectivity index (χ3n) is 1.85. The molecule has 0 radical (unpaired) electrons. The summed E-state index contributed by atoms with van der Waals surface area (Å²) in [6.07, 6.45) is -0.762. The summed E-state index contributed by atoms with van der Waals surface area (Å²) in [6.45, 7) is 1.47. The highest BCUT2D eigenvalue weighted by Crippen LogP contribution is 2.19. The first-order chi connectivity index (χ1) is 6.16. The van der Waals surface area contributed by atoms with Crippen LogP contribution >= 0.6 is 11.6 Å². The molecule has 1 aromatic rings. The van der Waals surface area contributed by atoms with Crippen molar-refractivity contribution in [2.24, 2.45) is 0 Å². The number of aliphatic hydroxyl groups is 1. The fourth-order valence-electron chi connectivity index (χ4n) is 1.19. The van der Waals surface area contributed by atoms with Crippen LogP contribution in [0.1, 0.15) is 28.9 Å². The van der Waals surface area contributed by atoms with Crippen molar-refractivity contribution in [3.05, 3.63) is 35.4 Å². The molecule has 0 aromatic heterocycles. The molecular formula is C10H11ClO2. The van der Waals surface area contributed by atoms with Crippen molar-refractivity contribution >= 4 is 17.4 Å². The molecule has 0 bridgehead atoms. The Morgan fingerprint density at radius 1 is 1.54 bits per heavy atom. The van der Waals surface area contributed by atoms with E-state index in [1.54, 1.807) is 24.3 Å². The third-order valence-corrected chi connectivity index (χ3v) is 2.14. The third kappa shape index (κ3) is 2.29. The van der Waals surface area contributed by atoms with Gasteiger partial charge < -0.3 is 5.11 Å². The minimum atomic E-state index is -0.762. The summed E-state index contributed by atoms with van der Waals surface area (Å²) in [5, 5.41) is 9.47. The van der Waals surface area contributed by atoms with E-state index in [1.807, 2.05) is 0 Å². The van der Waals surface area contributed by atoms with Gasteiger partial charge in [0.05, 0.1) is 12.0 Å². The molecule has 0 aliphatic heterocycles. The molecule has 1 N–H and O–H groups in total. The van der Waals surface area contributed by atoms with Gasteiger partial charge in [0.1, 0.15) is 0 Å². The van der Waals surface area contributed by atoms with E-state index < -0.39 is 6.10 Å². The number of aliphatic hydroxyl groups excluding tert-OH is 1. The Morgan fingerprint density at radius 2 is 2.15 bits per heavy atom. The number of rotatable bonds is 3. The zero-order chi connectivity index (χ0) is 9.84. The Morgan fingerprint density at radius 3 is 2.69 bits per heavy atom. The van der Waals surface area contributed by atoms with Crippen molar-refractivity contribution in [3.8, 4) is 0 Å². The van der Waals surface area contributed by atoms with E-state index in [0.29, 0.717) is 11.1 Å². The number of hydrogen-bond acceptors (Lipinski definition) is 2. The van der Waals surface area contributed by atoms with Crippen molar-refractivity contribution in [1.82, 2.24) is 0 Å². The van der Waals surface area contributed by atoms with Crippen LogP contribution in [0.4, 0.5) is 0 Å². The van der Waals surface area contributed by atoms with Gasteiger partial charge in [-0.3, -0.25) is 4.79 Å². The Kier molecular flexibility index (Phi) is 3.46. The summed E-state index contributed by atoms with van der Waals surface area (Å²) in [7, 11) is 0. The van der Waals surface area contributed by atoms with Crippen molar-refractivity contribution in [2.45, 2.75) is 13.0 Å². The first kappa shape index (κ1) is 10.2. The van der Waals surface area contributed by atoms with Gasteiger partial charge in [-0.15, -0.1) is 11.6 Å². The minimum absolute atomic E-state index is 0.0558. The van der Waals surface area contributed by atoms with Crippen LogP contribution in [-0.2, 0) is 0 Å². The molecular weight excluding hydrogens is 188 g/mol. The van der Waals surface area contributed by atoms with Gasteiger partial charge in [-0.25, -0.2) is 0 Å². The van der Waals surface area contributed by atoms with Crippen molar-refractivity contribution in [2.75, 3.05) is 5.88 Å². The van der Waals surface area contributed by atoms with Crippen LogP contribution < -0.4 is 0 Å². The van der Waals surface area contributed by atoms with E-state index in [9.17, 15) is 9.90 Å². The summed E-state index contributed by atoms with van der Waals surface area (Å²) in [5.74, 6) is 0.0457. The van der Waals surface area contributed by atoms with Crippen LogP contribution in [0.2, 0.25) is 0 Å². The number of carbonyl (C=O) groups excluding carboxylic acids is 1. The SMILES string of the molecule is CC(=O)c1ccccc1C(O)CCl. The number of carbonyl (C=O) groups is 1. The predicted octanol–water partition coefficient (Wildman–Crippen LogP) is 2.16. The molecule has 0 heterocycles. The Labute approximate surface area is 82.2 Å². The van der Waals surface area contributed by atoms with Gasteiger partial charge in [0.25, 0.3) is 0 Å². The molecule has 0 saturated carbocycles. The van der Waals surface area contributed by atoms with Crippen molar-refractivity contribution < 1.29 is 9.90 Å². The maximum Gasteiger partial charge on any atom is 0.160 e. The van der Waals surface area contributed by atoms with Crippen LogP contribution in [0.5, 0.6) is 0 Å². The van der Waals surface area contributed by atoms with E-state index in [0.717, 1.165) is 0 Å². The molecule has 1 rings (SSSR count). The lowest BCUT2D eigenvalue weighted by atomic mass is 10.0. The minimum Gasteiger partial charge on any atom is -0.387 e. The van der Waals surface area contributed by atoms with Crippen LogP contribution in [0, 0.1) is 0 Å². The van der Waals surface area contributed by atoms with Crippen LogP contribution in [0.15, 0.2) is 24.3 Å². The zero-order valence-corrected chi connectivity index (χ0v) is 8.08. The summed E-state index contributed by atoms with van der Waals surface area (Å²) in [6, 6.07) is 6.94. The number of hydrogen-bond donors (Lipinski definition) is 1. The van der Waals surface area contributed by atoms with Crippen LogP contribution in [-0.4, -0.2) is 16.8 Å². The lowest BCUT2D eigenvalue weighted by molar-refractivity contribution is 0.101. The van der Waals surface area contributed by atoms with Crippen molar-refractivity contribution in [1.29, 1.82) is 0 Å². The number of ketones is 1. The molecule has 0 saturated heterocycles. The zero-order valence-electron chi connectivity index (χ0n) is 7.33. The van der Waals surface area contributed by atoms with Gasteiger partial charge in [0.15, 0.2) is 5.78 Å². The van der Waals surface area contributed by atoms with Crippen LogP contribution in [0.3, 0.4) is 0 Å². The van der Waals surface area contributed by atoms with Gasteiger partial charge in [-0.2, -0.15) is 0 Å². The molecule has 70 valence electrons. The first-order valence-electron chi connectivity index (χ1n) is 4.00. The summed E-state index contributed by atoms with van der Waals surface area (Å²) < 4.78 is 0. The highest BCUT2D eigenvalue weighted by molar-refractivity contribution is 6.18. The van der Waals surface area contributed by atoms with E-state index in [1.165, 1.54) is 6.92 Å². The molecule has 0 fully saturated rings. The Hall–Kier alpha value is -0.860. The normalized spacial score (nSPS) is 12.5. The number of Topliss-reactive ketones (excluding diaryl/α,β-unsaturated/α-hetero) is 1. The van der Waals surface area contributed by atoms with Gasteiger partial charge >= 0.3 is 0 Å². The smallest absolute Gasteiger partial charge is 0.160 e. The predicted molar refractivity (Wildman–Crippen MR) is 52.1 cm³/mol. The topological polar surface area (TPSA) is 37.3 Å². The summed E-state index contributed by atoms with van der Waals surface area (Å²) in [5.41, 5.74) is 1.14. The lowest BCUT2D eigenvalue weighted by Gasteiger charge is -2.10. The maximum atomic E-state index is 11.1. The molecule has 0 aliphatic rings. The molecule has 13 heavy (non-hydrogen) atoms. The number of alkyl halides is 1. The van der Waals surface area contributed by atoms with Crippen molar-refractivity contribution in [3.63, 3.8) is 0 Å². The van der Waals surface area contributed by atoms with Gasteiger partial charge in [0.2, 0.25) is 0 Å². The van der Waals surface area contributed by atoms with E-state index >= 15 is 0 Å². The standard InChI is InChI=1S/C10H11ClO2/c1-7(12)8-4-2-3-5-9(8)10(13)6-11/h2-5,10,13H,6H2,1H3. The lowest BCUT2D eigenvalue weighted by Crippen LogP contribution is -2.06. The fraction of sp³-hybridized carbons (Fsp3) is 0.300. The second kappa shape index (κ2) is 4.40. The van der Waals surface area contributed by atoms with E-state index in [4.69, 9.17) is 11.6 Å². The maximum absolute atomic E-state index is 11.1. The number of halogens is 1. The summed E-state index contributed by atoms with van der Waals surface area (Å²) in [4.78, 5) is 11.1. The summed E-state index contributed by atoms with van der Waals surface area (Å²) >= 11 is 5.50. The molecule has 1 atom stereocenters. The Balaban J connectivity index is 3.11. The molecule has 0 spiro atoms. The van der Waals surface area contributed by atoms with Gasteiger partial charge in [-0.1, -0.05) is 24.3 Å². The quantitative estimate of drug-likeness (QED) is 0.597. The van der Waals surface area contributed by atoms with E-state index in [-0.39, 0.29) is 11.7 Å². The molecule has 0 aliphatic carbocycles. The second-order valence-electron chi connectivity index (χ2n) is 2.81. The monoisotopic (exact) mass is 198 g/mol.